The zero-order valence-corrected chi connectivity index (χ0v) is 11.9. The highest BCUT2D eigenvalue weighted by atomic mass is 35.5. The number of hydrogen-bond donors (Lipinski definition) is 1. The Morgan fingerprint density at radius 2 is 2.22 bits per heavy atom. The Hall–Kier alpha value is -1.13. The SMILES string of the molecule is CCNc1ccc(Cl)c(CSc2ccoc2C)n1. The van der Waals surface area contributed by atoms with Crippen molar-refractivity contribution in [2.75, 3.05) is 11.9 Å². The van der Waals surface area contributed by atoms with Crippen molar-refractivity contribution in [2.24, 2.45) is 0 Å². The summed E-state index contributed by atoms with van der Waals surface area (Å²) in [6.07, 6.45) is 1.70. The third-order valence-electron chi connectivity index (χ3n) is 2.45. The van der Waals surface area contributed by atoms with Gasteiger partial charge < -0.3 is 9.73 Å². The molecule has 0 radical (unpaired) electrons. The molecule has 0 saturated carbocycles. The van der Waals surface area contributed by atoms with Crippen LogP contribution in [-0.4, -0.2) is 11.5 Å². The molecule has 3 nitrogen and oxygen atoms in total. The minimum atomic E-state index is 0.699. The number of halogens is 1. The van der Waals surface area contributed by atoms with Crippen LogP contribution in [0.5, 0.6) is 0 Å². The van der Waals surface area contributed by atoms with Gasteiger partial charge in [0.25, 0.3) is 0 Å². The third kappa shape index (κ3) is 3.21. The molecule has 2 rings (SSSR count). The Bertz CT molecular complexity index is 527. The normalized spacial score (nSPS) is 10.6. The first-order chi connectivity index (χ1) is 8.70. The summed E-state index contributed by atoms with van der Waals surface area (Å²) < 4.78 is 5.26. The Morgan fingerprint density at radius 3 is 2.89 bits per heavy atom. The van der Waals surface area contributed by atoms with Crippen LogP contribution in [0.2, 0.25) is 5.02 Å². The molecule has 0 amide bonds. The number of thioether (sulfide) groups is 1. The van der Waals surface area contributed by atoms with Crippen LogP contribution in [0.4, 0.5) is 5.82 Å². The highest BCUT2D eigenvalue weighted by Crippen LogP contribution is 2.29. The van der Waals surface area contributed by atoms with Crippen molar-refractivity contribution >= 4 is 29.2 Å². The van der Waals surface area contributed by atoms with Crippen LogP contribution in [0.3, 0.4) is 0 Å². The zero-order valence-electron chi connectivity index (χ0n) is 10.4. The van der Waals surface area contributed by atoms with Crippen molar-refractivity contribution < 1.29 is 4.42 Å². The van der Waals surface area contributed by atoms with Crippen LogP contribution in [0.25, 0.3) is 0 Å². The fourth-order valence-electron chi connectivity index (χ4n) is 1.53. The van der Waals surface area contributed by atoms with E-state index >= 15 is 0 Å². The lowest BCUT2D eigenvalue weighted by Crippen LogP contribution is -2.01. The predicted octanol–water partition coefficient (Wildman–Crippen LogP) is 4.36. The maximum Gasteiger partial charge on any atom is 0.126 e. The Labute approximate surface area is 116 Å². The van der Waals surface area contributed by atoms with E-state index in [0.29, 0.717) is 5.02 Å². The van der Waals surface area contributed by atoms with Gasteiger partial charge in [-0.05, 0) is 32.0 Å². The summed E-state index contributed by atoms with van der Waals surface area (Å²) in [6.45, 7) is 4.84. The van der Waals surface area contributed by atoms with Gasteiger partial charge in [0.05, 0.1) is 17.0 Å². The average molecular weight is 283 g/mol. The number of nitrogens with zero attached hydrogens (tertiary/aromatic N) is 1. The largest absolute Gasteiger partial charge is 0.468 e. The molecule has 0 atom stereocenters. The number of anilines is 1. The summed E-state index contributed by atoms with van der Waals surface area (Å²) in [5.74, 6) is 2.53. The molecule has 0 spiro atoms. The molecule has 2 aromatic rings. The van der Waals surface area contributed by atoms with Crippen LogP contribution >= 0.6 is 23.4 Å². The summed E-state index contributed by atoms with van der Waals surface area (Å²) in [5, 5.41) is 3.88. The Morgan fingerprint density at radius 1 is 1.39 bits per heavy atom. The number of hydrogen-bond acceptors (Lipinski definition) is 4. The molecule has 1 N–H and O–H groups in total. The first-order valence-electron chi connectivity index (χ1n) is 5.77. The fraction of sp³-hybridized carbons (Fsp3) is 0.308. The van der Waals surface area contributed by atoms with E-state index in [0.717, 1.165) is 34.5 Å². The van der Waals surface area contributed by atoms with E-state index in [1.807, 2.05) is 32.0 Å². The van der Waals surface area contributed by atoms with Crippen LogP contribution in [0, 0.1) is 6.92 Å². The van der Waals surface area contributed by atoms with Crippen LogP contribution in [0.1, 0.15) is 18.4 Å². The first-order valence-corrected chi connectivity index (χ1v) is 7.13. The van der Waals surface area contributed by atoms with E-state index in [9.17, 15) is 0 Å². The van der Waals surface area contributed by atoms with Gasteiger partial charge in [-0.3, -0.25) is 0 Å². The second-order valence-electron chi connectivity index (χ2n) is 3.79. The molecule has 0 saturated heterocycles. The van der Waals surface area contributed by atoms with Gasteiger partial charge in [-0.15, -0.1) is 11.8 Å². The number of furan rings is 1. The first kappa shape index (κ1) is 13.3. The average Bonchev–Trinajstić information content (AvgIpc) is 2.76. The summed E-state index contributed by atoms with van der Waals surface area (Å²) in [4.78, 5) is 5.62. The lowest BCUT2D eigenvalue weighted by molar-refractivity contribution is 0.527. The van der Waals surface area contributed by atoms with Gasteiger partial charge in [0.15, 0.2) is 0 Å². The second-order valence-corrected chi connectivity index (χ2v) is 5.21. The zero-order chi connectivity index (χ0) is 13.0. The fourth-order valence-corrected chi connectivity index (χ4v) is 2.70. The second kappa shape index (κ2) is 6.16. The smallest absolute Gasteiger partial charge is 0.126 e. The Kier molecular flexibility index (Phi) is 4.55. The van der Waals surface area contributed by atoms with Crippen molar-refractivity contribution in [3.05, 3.63) is 40.9 Å². The maximum absolute atomic E-state index is 6.15. The molecular formula is C13H15ClN2OS. The molecule has 0 unspecified atom stereocenters. The maximum atomic E-state index is 6.15. The molecule has 0 aromatic carbocycles. The predicted molar refractivity (Wildman–Crippen MR) is 76.4 cm³/mol. The molecule has 2 aromatic heterocycles. The van der Waals surface area contributed by atoms with Crippen LogP contribution in [0.15, 0.2) is 33.8 Å². The molecule has 0 aliphatic carbocycles. The molecule has 96 valence electrons. The van der Waals surface area contributed by atoms with Gasteiger partial charge in [-0.25, -0.2) is 4.98 Å². The van der Waals surface area contributed by atoms with Gasteiger partial charge in [-0.1, -0.05) is 11.6 Å². The molecule has 0 fully saturated rings. The van der Waals surface area contributed by atoms with Gasteiger partial charge >= 0.3 is 0 Å². The number of pyridine rings is 1. The lowest BCUT2D eigenvalue weighted by Gasteiger charge is -2.07. The van der Waals surface area contributed by atoms with Crippen molar-refractivity contribution in [3.8, 4) is 0 Å². The molecule has 0 aliphatic rings. The number of aromatic nitrogens is 1. The molecule has 0 bridgehead atoms. The van der Waals surface area contributed by atoms with Crippen molar-refractivity contribution in [2.45, 2.75) is 24.5 Å². The quantitative estimate of drug-likeness (QED) is 0.827. The minimum Gasteiger partial charge on any atom is -0.468 e. The molecule has 18 heavy (non-hydrogen) atoms. The summed E-state index contributed by atoms with van der Waals surface area (Å²) in [7, 11) is 0. The van der Waals surface area contributed by atoms with Crippen molar-refractivity contribution in [3.63, 3.8) is 0 Å². The monoisotopic (exact) mass is 282 g/mol. The van der Waals surface area contributed by atoms with Crippen molar-refractivity contribution in [1.82, 2.24) is 4.98 Å². The van der Waals surface area contributed by atoms with E-state index < -0.39 is 0 Å². The topological polar surface area (TPSA) is 38.1 Å². The summed E-state index contributed by atoms with van der Waals surface area (Å²) >= 11 is 7.83. The Balaban J connectivity index is 2.08. The van der Waals surface area contributed by atoms with Gasteiger partial charge in [-0.2, -0.15) is 0 Å². The van der Waals surface area contributed by atoms with E-state index in [4.69, 9.17) is 16.0 Å². The van der Waals surface area contributed by atoms with Gasteiger partial charge in [0.2, 0.25) is 0 Å². The highest BCUT2D eigenvalue weighted by molar-refractivity contribution is 7.98. The van der Waals surface area contributed by atoms with E-state index in [1.54, 1.807) is 18.0 Å². The molecular weight excluding hydrogens is 268 g/mol. The lowest BCUT2D eigenvalue weighted by atomic mass is 10.3. The van der Waals surface area contributed by atoms with Crippen LogP contribution in [-0.2, 0) is 5.75 Å². The van der Waals surface area contributed by atoms with Crippen molar-refractivity contribution in [1.29, 1.82) is 0 Å². The standard InChI is InChI=1S/C13H15ClN2OS/c1-3-15-13-5-4-10(14)11(16-13)8-18-12-6-7-17-9(12)2/h4-7H,3,8H2,1-2H3,(H,15,16). The number of nitrogens with one attached hydrogen (secondary N) is 1. The number of rotatable bonds is 5. The molecule has 5 heteroatoms. The van der Waals surface area contributed by atoms with Crippen LogP contribution < -0.4 is 5.32 Å². The summed E-state index contributed by atoms with van der Waals surface area (Å²) in [6, 6.07) is 5.73. The summed E-state index contributed by atoms with van der Waals surface area (Å²) in [5.41, 5.74) is 0.890. The third-order valence-corrected chi connectivity index (χ3v) is 3.95. The van der Waals surface area contributed by atoms with E-state index in [-0.39, 0.29) is 0 Å². The van der Waals surface area contributed by atoms with E-state index in [1.165, 1.54) is 0 Å². The highest BCUT2D eigenvalue weighted by Gasteiger charge is 2.07. The minimum absolute atomic E-state index is 0.699. The number of aryl methyl sites for hydroxylation is 1. The van der Waals surface area contributed by atoms with Gasteiger partial charge in [0.1, 0.15) is 11.6 Å². The molecule has 2 heterocycles. The van der Waals surface area contributed by atoms with E-state index in [2.05, 4.69) is 10.3 Å². The molecule has 0 aliphatic heterocycles. The van der Waals surface area contributed by atoms with Gasteiger partial charge in [0, 0.05) is 17.2 Å².